The molecule has 2 aliphatic carbocycles. The summed E-state index contributed by atoms with van der Waals surface area (Å²) in [4.78, 5) is 12.6. The Hall–Kier alpha value is -1.14. The molecule has 2 bridgehead atoms. The Morgan fingerprint density at radius 3 is 2.72 bits per heavy atom. The van der Waals surface area contributed by atoms with Gasteiger partial charge in [0.1, 0.15) is 0 Å². The van der Waals surface area contributed by atoms with Gasteiger partial charge >= 0.3 is 0 Å². The summed E-state index contributed by atoms with van der Waals surface area (Å²) in [7, 11) is 0. The zero-order valence-corrected chi connectivity index (χ0v) is 15.6. The number of carbonyl (C=O) groups is 1. The fourth-order valence-corrected chi connectivity index (χ4v) is 4.14. The molecule has 2 saturated carbocycles. The van der Waals surface area contributed by atoms with Gasteiger partial charge in [-0.3, -0.25) is 4.79 Å². The minimum Gasteiger partial charge on any atom is -0.379 e. The van der Waals surface area contributed by atoms with Crippen molar-refractivity contribution in [2.45, 2.75) is 38.8 Å². The van der Waals surface area contributed by atoms with Gasteiger partial charge in [0.05, 0.1) is 25.7 Å². The highest BCUT2D eigenvalue weighted by molar-refractivity contribution is 5.93. The molecule has 140 valence electrons. The summed E-state index contributed by atoms with van der Waals surface area (Å²) in [6, 6.07) is 7.85. The lowest BCUT2D eigenvalue weighted by Crippen LogP contribution is -2.42. The number of rotatable bonds is 8. The molecular weight excluding hydrogens is 340 g/mol. The smallest absolute Gasteiger partial charge is 0.229 e. The van der Waals surface area contributed by atoms with Gasteiger partial charge < -0.3 is 20.5 Å². The van der Waals surface area contributed by atoms with Crippen LogP contribution >= 0.6 is 12.4 Å². The molecule has 1 aromatic carbocycles. The quantitative estimate of drug-likeness (QED) is 0.692. The first-order valence-corrected chi connectivity index (χ1v) is 9.00. The number of hydrogen-bond acceptors (Lipinski definition) is 4. The van der Waals surface area contributed by atoms with Crippen LogP contribution < -0.4 is 11.1 Å². The maximum atomic E-state index is 12.6. The average molecular weight is 369 g/mol. The summed E-state index contributed by atoms with van der Waals surface area (Å²) in [5.41, 5.74) is 8.12. The molecule has 0 spiro atoms. The summed E-state index contributed by atoms with van der Waals surface area (Å²) in [5.74, 6) is 1.05. The summed E-state index contributed by atoms with van der Waals surface area (Å²) in [5, 5.41) is 3.05. The third-order valence-electron chi connectivity index (χ3n) is 5.32. The average Bonchev–Trinajstić information content (AvgIpc) is 3.16. The molecule has 0 heterocycles. The van der Waals surface area contributed by atoms with Crippen molar-refractivity contribution in [2.24, 2.45) is 23.5 Å². The van der Waals surface area contributed by atoms with Crippen molar-refractivity contribution in [3.8, 4) is 0 Å². The second kappa shape index (κ2) is 9.53. The van der Waals surface area contributed by atoms with Crippen molar-refractivity contribution in [1.82, 2.24) is 0 Å². The van der Waals surface area contributed by atoms with E-state index in [2.05, 4.69) is 5.32 Å². The summed E-state index contributed by atoms with van der Waals surface area (Å²) in [6.45, 7) is 4.37. The van der Waals surface area contributed by atoms with E-state index >= 15 is 0 Å². The molecule has 25 heavy (non-hydrogen) atoms. The second-order valence-corrected chi connectivity index (χ2v) is 6.88. The molecule has 4 unspecified atom stereocenters. The van der Waals surface area contributed by atoms with E-state index in [9.17, 15) is 4.79 Å². The molecule has 6 heteroatoms. The van der Waals surface area contributed by atoms with Crippen molar-refractivity contribution < 1.29 is 14.3 Å². The van der Waals surface area contributed by atoms with Crippen molar-refractivity contribution in [1.29, 1.82) is 0 Å². The Balaban J connectivity index is 0.00000225. The van der Waals surface area contributed by atoms with Gasteiger partial charge in [0.15, 0.2) is 0 Å². The fraction of sp³-hybridized carbons (Fsp3) is 0.632. The Bertz CT molecular complexity index is 567. The van der Waals surface area contributed by atoms with Crippen molar-refractivity contribution in [3.05, 3.63) is 29.8 Å². The van der Waals surface area contributed by atoms with E-state index in [1.165, 1.54) is 6.42 Å². The van der Waals surface area contributed by atoms with E-state index in [1.54, 1.807) is 0 Å². The van der Waals surface area contributed by atoms with Crippen molar-refractivity contribution in [2.75, 3.05) is 25.1 Å². The molecule has 3 rings (SSSR count). The van der Waals surface area contributed by atoms with Gasteiger partial charge in [0, 0.05) is 18.3 Å². The van der Waals surface area contributed by atoms with Crippen molar-refractivity contribution >= 4 is 24.0 Å². The number of carbonyl (C=O) groups excluding carboxylic acids is 1. The highest BCUT2D eigenvalue weighted by Gasteiger charge is 2.49. The number of benzene rings is 1. The molecule has 1 amide bonds. The minimum atomic E-state index is -0.0325. The third-order valence-corrected chi connectivity index (χ3v) is 5.32. The first kappa shape index (κ1) is 20.2. The van der Waals surface area contributed by atoms with Crippen LogP contribution in [0.25, 0.3) is 0 Å². The molecule has 3 N–H and O–H groups in total. The maximum Gasteiger partial charge on any atom is 0.229 e. The van der Waals surface area contributed by atoms with E-state index < -0.39 is 0 Å². The summed E-state index contributed by atoms with van der Waals surface area (Å²) >= 11 is 0. The molecule has 2 aliphatic rings. The highest BCUT2D eigenvalue weighted by atomic mass is 35.5. The molecule has 2 fully saturated rings. The van der Waals surface area contributed by atoms with Crippen LogP contribution in [0.1, 0.15) is 31.7 Å². The van der Waals surface area contributed by atoms with Crippen LogP contribution in [0.5, 0.6) is 0 Å². The van der Waals surface area contributed by atoms with Crippen LogP contribution in [0.15, 0.2) is 24.3 Å². The van der Waals surface area contributed by atoms with Crippen LogP contribution in [0.2, 0.25) is 0 Å². The molecular formula is C19H29ClN2O3. The van der Waals surface area contributed by atoms with Crippen LogP contribution in [0.3, 0.4) is 0 Å². The van der Waals surface area contributed by atoms with Gasteiger partial charge in [-0.25, -0.2) is 0 Å². The first-order chi connectivity index (χ1) is 11.7. The molecule has 0 aromatic heterocycles. The molecule has 0 radical (unpaired) electrons. The van der Waals surface area contributed by atoms with E-state index in [0.717, 1.165) is 24.1 Å². The predicted octanol–water partition coefficient (Wildman–Crippen LogP) is 2.97. The number of nitrogens with one attached hydrogen (secondary N) is 1. The first-order valence-electron chi connectivity index (χ1n) is 9.00. The lowest BCUT2D eigenvalue weighted by atomic mass is 9.84. The van der Waals surface area contributed by atoms with Gasteiger partial charge in [-0.05, 0) is 55.7 Å². The Morgan fingerprint density at radius 1 is 1.24 bits per heavy atom. The number of halogens is 1. The molecule has 0 aliphatic heterocycles. The van der Waals surface area contributed by atoms with Gasteiger partial charge in [-0.2, -0.15) is 0 Å². The number of nitrogens with two attached hydrogens (primary N) is 1. The predicted molar refractivity (Wildman–Crippen MR) is 101 cm³/mol. The lowest BCUT2D eigenvalue weighted by molar-refractivity contribution is -0.121. The van der Waals surface area contributed by atoms with Crippen LogP contribution in [-0.4, -0.2) is 31.8 Å². The van der Waals surface area contributed by atoms with E-state index in [-0.39, 0.29) is 30.3 Å². The summed E-state index contributed by atoms with van der Waals surface area (Å²) in [6.07, 6.45) is 3.45. The maximum absolute atomic E-state index is 12.6. The summed E-state index contributed by atoms with van der Waals surface area (Å²) < 4.78 is 10.8. The highest BCUT2D eigenvalue weighted by Crippen LogP contribution is 2.47. The van der Waals surface area contributed by atoms with Gasteiger partial charge in [-0.1, -0.05) is 12.1 Å². The van der Waals surface area contributed by atoms with Crippen LogP contribution in [-0.2, 0) is 20.9 Å². The molecule has 1 aromatic rings. The number of amides is 1. The molecule has 4 atom stereocenters. The zero-order valence-electron chi connectivity index (χ0n) is 14.8. The Morgan fingerprint density at radius 2 is 2.00 bits per heavy atom. The number of ether oxygens (including phenoxy) is 2. The number of hydrogen-bond donors (Lipinski definition) is 2. The zero-order chi connectivity index (χ0) is 16.9. The van der Waals surface area contributed by atoms with Crippen LogP contribution in [0.4, 0.5) is 5.69 Å². The second-order valence-electron chi connectivity index (χ2n) is 6.88. The largest absolute Gasteiger partial charge is 0.379 e. The van der Waals surface area contributed by atoms with E-state index in [1.807, 2.05) is 31.2 Å². The Labute approximate surface area is 156 Å². The minimum absolute atomic E-state index is 0. The topological polar surface area (TPSA) is 73.6 Å². The van der Waals surface area contributed by atoms with E-state index in [4.69, 9.17) is 15.2 Å². The fourth-order valence-electron chi connectivity index (χ4n) is 4.14. The van der Waals surface area contributed by atoms with Gasteiger partial charge in [0.2, 0.25) is 5.91 Å². The SMILES string of the molecule is CCOCCOCc1cccc(NC(=O)C2C3CCC(C3)C2N)c1.Cl. The van der Waals surface area contributed by atoms with E-state index in [0.29, 0.717) is 38.3 Å². The van der Waals surface area contributed by atoms with Crippen molar-refractivity contribution in [3.63, 3.8) is 0 Å². The molecule has 5 nitrogen and oxygen atoms in total. The van der Waals surface area contributed by atoms with Crippen LogP contribution in [0, 0.1) is 17.8 Å². The molecule has 0 saturated heterocycles. The monoisotopic (exact) mass is 368 g/mol. The standard InChI is InChI=1S/C19H28N2O3.ClH/c1-2-23-8-9-24-12-13-4-3-5-16(10-13)21-19(22)17-14-6-7-15(11-14)18(17)20;/h3-5,10,14-15,17-18H,2,6-9,11-12,20H2,1H3,(H,21,22);1H. The number of anilines is 1. The Kier molecular flexibility index (Phi) is 7.69. The van der Waals surface area contributed by atoms with Gasteiger partial charge in [0.25, 0.3) is 0 Å². The number of fused-ring (bicyclic) bond motifs is 2. The normalized spacial score (nSPS) is 27.1. The third kappa shape index (κ3) is 4.94. The van der Waals surface area contributed by atoms with Gasteiger partial charge in [-0.15, -0.1) is 12.4 Å². The lowest BCUT2D eigenvalue weighted by Gasteiger charge is -2.27.